The van der Waals surface area contributed by atoms with Crippen LogP contribution in [0.2, 0.25) is 0 Å². The summed E-state index contributed by atoms with van der Waals surface area (Å²) in [6, 6.07) is 13.7. The molecule has 6 heteroatoms. The molecule has 0 aliphatic carbocycles. The van der Waals surface area contributed by atoms with Crippen molar-refractivity contribution in [1.82, 2.24) is 5.32 Å². The highest BCUT2D eigenvalue weighted by molar-refractivity contribution is 7.92. The molecule has 0 aliphatic rings. The summed E-state index contributed by atoms with van der Waals surface area (Å²) >= 11 is 0. The molecule has 23 heavy (non-hydrogen) atoms. The zero-order valence-electron chi connectivity index (χ0n) is 13.4. The van der Waals surface area contributed by atoms with Crippen LogP contribution in [0.3, 0.4) is 0 Å². The Hall–Kier alpha value is -2.34. The highest BCUT2D eigenvalue weighted by Gasteiger charge is 2.27. The number of hydrogen-bond donors (Lipinski definition) is 1. The lowest BCUT2D eigenvalue weighted by molar-refractivity contribution is -0.119. The van der Waals surface area contributed by atoms with Gasteiger partial charge in [0.2, 0.25) is 5.91 Å². The molecule has 0 aliphatic heterocycles. The molecule has 2 rings (SSSR count). The smallest absolute Gasteiger partial charge is 0.264 e. The van der Waals surface area contributed by atoms with Crippen molar-refractivity contribution in [2.24, 2.45) is 0 Å². The molecular formula is C17H20N2O3S. The van der Waals surface area contributed by atoms with Crippen molar-refractivity contribution >= 4 is 21.6 Å². The average Bonchev–Trinajstić information content (AvgIpc) is 2.55. The molecule has 0 spiro atoms. The number of hydrogen-bond acceptors (Lipinski definition) is 3. The molecule has 1 N–H and O–H groups in total. The minimum Gasteiger partial charge on any atom is -0.358 e. The number of nitrogens with zero attached hydrogens (tertiary/aromatic N) is 1. The number of likely N-dealkylation sites (N-methyl/N-ethyl adjacent to an activating group) is 1. The highest BCUT2D eigenvalue weighted by Crippen LogP contribution is 2.27. The number of carbonyl (C=O) groups excluding carboxylic acids is 1. The second-order valence-corrected chi connectivity index (χ2v) is 7.15. The molecule has 1 amide bonds. The predicted molar refractivity (Wildman–Crippen MR) is 91.0 cm³/mol. The molecule has 0 saturated heterocycles. The van der Waals surface area contributed by atoms with Crippen molar-refractivity contribution in [3.8, 4) is 0 Å². The van der Waals surface area contributed by atoms with Crippen LogP contribution in [0.25, 0.3) is 0 Å². The van der Waals surface area contributed by atoms with Crippen molar-refractivity contribution in [1.29, 1.82) is 0 Å². The lowest BCUT2D eigenvalue weighted by Crippen LogP contribution is -2.40. The minimum absolute atomic E-state index is 0.157. The van der Waals surface area contributed by atoms with Crippen LogP contribution in [0.5, 0.6) is 0 Å². The van der Waals surface area contributed by atoms with Gasteiger partial charge in [0.05, 0.1) is 10.6 Å². The van der Waals surface area contributed by atoms with Gasteiger partial charge in [-0.05, 0) is 43.2 Å². The third kappa shape index (κ3) is 3.71. The molecule has 2 aromatic rings. The van der Waals surface area contributed by atoms with E-state index in [4.69, 9.17) is 0 Å². The molecule has 2 aromatic carbocycles. The Morgan fingerprint density at radius 1 is 1.09 bits per heavy atom. The van der Waals surface area contributed by atoms with Gasteiger partial charge in [-0.1, -0.05) is 30.3 Å². The quantitative estimate of drug-likeness (QED) is 0.913. The van der Waals surface area contributed by atoms with Crippen LogP contribution in [0.4, 0.5) is 5.69 Å². The van der Waals surface area contributed by atoms with Crippen LogP contribution in [0, 0.1) is 13.8 Å². The van der Waals surface area contributed by atoms with E-state index in [-0.39, 0.29) is 17.3 Å². The number of sulfonamides is 1. The van der Waals surface area contributed by atoms with E-state index in [0.717, 1.165) is 15.4 Å². The molecular weight excluding hydrogens is 312 g/mol. The first-order valence-corrected chi connectivity index (χ1v) is 8.66. The topological polar surface area (TPSA) is 66.5 Å². The summed E-state index contributed by atoms with van der Waals surface area (Å²) < 4.78 is 27.1. The first-order chi connectivity index (χ1) is 10.9. The van der Waals surface area contributed by atoms with E-state index in [1.165, 1.54) is 19.2 Å². The molecule has 5 nitrogen and oxygen atoms in total. The van der Waals surface area contributed by atoms with E-state index < -0.39 is 10.0 Å². The molecule has 0 aromatic heterocycles. The first-order valence-electron chi connectivity index (χ1n) is 7.22. The monoisotopic (exact) mass is 332 g/mol. The van der Waals surface area contributed by atoms with Crippen LogP contribution in [0.15, 0.2) is 53.4 Å². The largest absolute Gasteiger partial charge is 0.358 e. The lowest BCUT2D eigenvalue weighted by atomic mass is 10.1. The fourth-order valence-corrected chi connectivity index (χ4v) is 3.72. The van der Waals surface area contributed by atoms with Gasteiger partial charge in [0.1, 0.15) is 6.54 Å². The van der Waals surface area contributed by atoms with Crippen LogP contribution in [-0.4, -0.2) is 27.9 Å². The Labute approximate surface area is 137 Å². The van der Waals surface area contributed by atoms with Gasteiger partial charge in [0, 0.05) is 7.05 Å². The van der Waals surface area contributed by atoms with Gasteiger partial charge < -0.3 is 5.32 Å². The molecule has 0 heterocycles. The Morgan fingerprint density at radius 3 is 2.35 bits per heavy atom. The van der Waals surface area contributed by atoms with Crippen molar-refractivity contribution in [3.63, 3.8) is 0 Å². The van der Waals surface area contributed by atoms with E-state index in [1.807, 2.05) is 26.0 Å². The first kappa shape index (κ1) is 17.0. The molecule has 122 valence electrons. The van der Waals surface area contributed by atoms with Gasteiger partial charge in [-0.3, -0.25) is 9.10 Å². The third-order valence-electron chi connectivity index (χ3n) is 3.53. The van der Waals surface area contributed by atoms with Gasteiger partial charge in [-0.2, -0.15) is 0 Å². The number of rotatable bonds is 5. The van der Waals surface area contributed by atoms with Crippen molar-refractivity contribution in [3.05, 3.63) is 59.7 Å². The van der Waals surface area contributed by atoms with Gasteiger partial charge in [-0.15, -0.1) is 0 Å². The Morgan fingerprint density at radius 2 is 1.74 bits per heavy atom. The van der Waals surface area contributed by atoms with Crippen LogP contribution in [-0.2, 0) is 14.8 Å². The average molecular weight is 332 g/mol. The summed E-state index contributed by atoms with van der Waals surface area (Å²) in [5.41, 5.74) is 2.23. The molecule has 0 radical (unpaired) electrons. The van der Waals surface area contributed by atoms with Crippen molar-refractivity contribution in [2.45, 2.75) is 18.7 Å². The van der Waals surface area contributed by atoms with E-state index >= 15 is 0 Å². The maximum Gasteiger partial charge on any atom is 0.264 e. The van der Waals surface area contributed by atoms with Crippen LogP contribution >= 0.6 is 0 Å². The van der Waals surface area contributed by atoms with Gasteiger partial charge >= 0.3 is 0 Å². The standard InChI is InChI=1S/C17H20N2O3S/c1-13-9-10-14(2)16(11-13)19(12-17(20)18-3)23(21,22)15-7-5-4-6-8-15/h4-11H,12H2,1-3H3,(H,18,20). The maximum atomic E-state index is 13.0. The second-order valence-electron chi connectivity index (χ2n) is 5.29. The van der Waals surface area contributed by atoms with E-state index in [2.05, 4.69) is 5.32 Å². The van der Waals surface area contributed by atoms with E-state index in [1.54, 1.807) is 24.3 Å². The molecule has 0 saturated carbocycles. The van der Waals surface area contributed by atoms with Gasteiger partial charge in [0.15, 0.2) is 0 Å². The summed E-state index contributed by atoms with van der Waals surface area (Å²) in [5.74, 6) is -0.370. The zero-order valence-corrected chi connectivity index (χ0v) is 14.2. The Kier molecular flexibility index (Phi) is 5.05. The third-order valence-corrected chi connectivity index (χ3v) is 5.30. The van der Waals surface area contributed by atoms with Gasteiger partial charge in [0.25, 0.3) is 10.0 Å². The van der Waals surface area contributed by atoms with Crippen molar-refractivity contribution < 1.29 is 13.2 Å². The predicted octanol–water partition coefficient (Wildman–Crippen LogP) is 2.24. The Bertz CT molecular complexity index is 802. The lowest BCUT2D eigenvalue weighted by Gasteiger charge is -2.25. The summed E-state index contributed by atoms with van der Waals surface area (Å²) in [4.78, 5) is 12.0. The van der Waals surface area contributed by atoms with Crippen LogP contribution in [0.1, 0.15) is 11.1 Å². The fourth-order valence-electron chi connectivity index (χ4n) is 2.22. The fraction of sp³-hybridized carbons (Fsp3) is 0.235. The number of nitrogens with one attached hydrogen (secondary N) is 1. The minimum atomic E-state index is -3.83. The SMILES string of the molecule is CNC(=O)CN(c1cc(C)ccc1C)S(=O)(=O)c1ccccc1. The summed E-state index contributed by atoms with van der Waals surface area (Å²) in [6.07, 6.45) is 0. The summed E-state index contributed by atoms with van der Waals surface area (Å²) in [7, 11) is -2.34. The van der Waals surface area contributed by atoms with Crippen molar-refractivity contribution in [2.75, 3.05) is 17.9 Å². The summed E-state index contributed by atoms with van der Waals surface area (Å²) in [6.45, 7) is 3.44. The second kappa shape index (κ2) is 6.83. The molecule has 0 unspecified atom stereocenters. The number of aryl methyl sites for hydroxylation is 2. The molecule has 0 atom stereocenters. The van der Waals surface area contributed by atoms with Crippen LogP contribution < -0.4 is 9.62 Å². The Balaban J connectivity index is 2.59. The highest BCUT2D eigenvalue weighted by atomic mass is 32.2. The van der Waals surface area contributed by atoms with Gasteiger partial charge in [-0.25, -0.2) is 8.42 Å². The normalized spacial score (nSPS) is 11.1. The number of benzene rings is 2. The zero-order chi connectivity index (χ0) is 17.0. The summed E-state index contributed by atoms with van der Waals surface area (Å²) in [5, 5.41) is 2.48. The van der Waals surface area contributed by atoms with E-state index in [9.17, 15) is 13.2 Å². The number of carbonyl (C=O) groups is 1. The number of anilines is 1. The maximum absolute atomic E-state index is 13.0. The molecule has 0 fully saturated rings. The van der Waals surface area contributed by atoms with E-state index in [0.29, 0.717) is 5.69 Å². The molecule has 0 bridgehead atoms. The number of amides is 1.